The molecule has 132 valence electrons. The van der Waals surface area contributed by atoms with Crippen molar-refractivity contribution in [1.82, 2.24) is 19.9 Å². The summed E-state index contributed by atoms with van der Waals surface area (Å²) in [4.78, 5) is 7.52. The lowest BCUT2D eigenvalue weighted by Crippen LogP contribution is -2.42. The van der Waals surface area contributed by atoms with E-state index >= 15 is 0 Å². The molecule has 0 fully saturated rings. The summed E-state index contributed by atoms with van der Waals surface area (Å²) in [5.41, 5.74) is 6.48. The highest BCUT2D eigenvalue weighted by Gasteiger charge is 2.26. The fraction of sp³-hybridized carbons (Fsp3) is 0.312. The molecule has 25 heavy (non-hydrogen) atoms. The van der Waals surface area contributed by atoms with Crippen molar-refractivity contribution in [3.05, 3.63) is 48.2 Å². The lowest BCUT2D eigenvalue weighted by molar-refractivity contribution is 0.353. The topological polar surface area (TPSA) is 90.8 Å². The van der Waals surface area contributed by atoms with Crippen LogP contribution in [0.4, 0.5) is 0 Å². The van der Waals surface area contributed by atoms with Gasteiger partial charge >= 0.3 is 0 Å². The van der Waals surface area contributed by atoms with Crippen LogP contribution < -0.4 is 15.2 Å². The van der Waals surface area contributed by atoms with Crippen molar-refractivity contribution >= 4 is 17.4 Å². The fourth-order valence-electron chi connectivity index (χ4n) is 2.54. The first-order valence-electron chi connectivity index (χ1n) is 7.65. The van der Waals surface area contributed by atoms with Crippen LogP contribution in [0, 0.1) is 0 Å². The first-order valence-corrected chi connectivity index (χ1v) is 8.09. The van der Waals surface area contributed by atoms with E-state index in [0.717, 1.165) is 12.0 Å². The largest absolute Gasteiger partial charge is 0.493 e. The maximum absolute atomic E-state index is 6.53. The monoisotopic (exact) mass is 362 g/mol. The molecular weight excluding hydrogens is 344 g/mol. The molecule has 0 saturated carbocycles. The highest BCUT2D eigenvalue weighted by molar-refractivity contribution is 6.31. The number of methoxy groups -OCH3 is 2. The second-order valence-corrected chi connectivity index (χ2v) is 5.77. The van der Waals surface area contributed by atoms with Crippen molar-refractivity contribution in [1.29, 1.82) is 0 Å². The van der Waals surface area contributed by atoms with E-state index in [1.807, 2.05) is 23.1 Å². The van der Waals surface area contributed by atoms with Crippen LogP contribution >= 0.6 is 11.6 Å². The zero-order valence-corrected chi connectivity index (χ0v) is 14.7. The van der Waals surface area contributed by atoms with Gasteiger partial charge in [-0.05, 0) is 24.1 Å². The number of ether oxygens (including phenoxy) is 2. The molecule has 2 heterocycles. The van der Waals surface area contributed by atoms with Crippen molar-refractivity contribution in [3.8, 4) is 11.5 Å². The van der Waals surface area contributed by atoms with Gasteiger partial charge in [-0.2, -0.15) is 10.2 Å². The van der Waals surface area contributed by atoms with Gasteiger partial charge in [-0.15, -0.1) is 4.80 Å². The maximum Gasteiger partial charge on any atom is 0.191 e. The second-order valence-electron chi connectivity index (χ2n) is 5.36. The average Bonchev–Trinajstić information content (AvgIpc) is 3.16. The van der Waals surface area contributed by atoms with E-state index in [0.29, 0.717) is 29.7 Å². The number of rotatable bonds is 5. The molecule has 2 aromatic rings. The Morgan fingerprint density at radius 3 is 2.56 bits per heavy atom. The van der Waals surface area contributed by atoms with Gasteiger partial charge in [0.1, 0.15) is 5.82 Å². The van der Waals surface area contributed by atoms with Crippen LogP contribution in [-0.4, -0.2) is 52.0 Å². The summed E-state index contributed by atoms with van der Waals surface area (Å²) in [5.74, 6) is 2.22. The second kappa shape index (κ2) is 7.43. The van der Waals surface area contributed by atoms with Crippen molar-refractivity contribution in [2.24, 2.45) is 10.7 Å². The molecule has 1 aliphatic heterocycles. The number of aromatic nitrogens is 3. The first-order chi connectivity index (χ1) is 12.1. The van der Waals surface area contributed by atoms with Crippen LogP contribution in [0.3, 0.4) is 0 Å². The molecule has 0 spiro atoms. The number of hydrogen-bond donors (Lipinski definition) is 1. The molecule has 3 rings (SSSR count). The molecule has 2 N–H and O–H groups in total. The summed E-state index contributed by atoms with van der Waals surface area (Å²) >= 11 is 6.53. The van der Waals surface area contributed by atoms with Gasteiger partial charge in [-0.25, -0.2) is 4.99 Å². The Balaban J connectivity index is 1.72. The fourth-order valence-corrected chi connectivity index (χ4v) is 2.83. The van der Waals surface area contributed by atoms with Crippen LogP contribution in [0.15, 0.2) is 47.6 Å². The lowest BCUT2D eigenvalue weighted by atomic mass is 10.1. The Hall–Kier alpha value is -2.74. The Labute approximate surface area is 150 Å². The van der Waals surface area contributed by atoms with E-state index < -0.39 is 5.50 Å². The minimum atomic E-state index is -0.514. The van der Waals surface area contributed by atoms with Gasteiger partial charge in [0.2, 0.25) is 0 Å². The van der Waals surface area contributed by atoms with E-state index in [1.165, 1.54) is 4.80 Å². The SMILES string of the molecule is COc1ccc(CCN2C=C(N)N=C(n3nccn3)C2Cl)cc1OC. The van der Waals surface area contributed by atoms with E-state index in [1.54, 1.807) is 32.8 Å². The molecule has 9 heteroatoms. The van der Waals surface area contributed by atoms with Crippen LogP contribution in [0.5, 0.6) is 11.5 Å². The zero-order chi connectivity index (χ0) is 17.8. The molecule has 8 nitrogen and oxygen atoms in total. The molecule has 1 atom stereocenters. The molecule has 0 amide bonds. The molecule has 0 aliphatic carbocycles. The molecule has 1 aromatic carbocycles. The van der Waals surface area contributed by atoms with E-state index in [9.17, 15) is 0 Å². The normalized spacial score (nSPS) is 17.1. The molecule has 1 aliphatic rings. The van der Waals surface area contributed by atoms with Gasteiger partial charge in [0.15, 0.2) is 22.8 Å². The summed E-state index contributed by atoms with van der Waals surface area (Å²) in [7, 11) is 3.23. The summed E-state index contributed by atoms with van der Waals surface area (Å²) < 4.78 is 10.6. The third-order valence-electron chi connectivity index (χ3n) is 3.78. The van der Waals surface area contributed by atoms with Crippen molar-refractivity contribution in [2.45, 2.75) is 11.9 Å². The standard InChI is InChI=1S/C16H19ClN6O2/c1-24-12-4-3-11(9-13(12)25-2)5-8-22-10-14(18)21-16(15(22)17)23-19-6-7-20-23/h3-4,6-7,9-10,15H,5,8,18H2,1-2H3. The number of nitrogens with two attached hydrogens (primary N) is 1. The molecule has 0 saturated heterocycles. The van der Waals surface area contributed by atoms with Crippen LogP contribution in [0.25, 0.3) is 0 Å². The van der Waals surface area contributed by atoms with Gasteiger partial charge in [-0.1, -0.05) is 17.7 Å². The predicted octanol–water partition coefficient (Wildman–Crippen LogP) is 1.42. The van der Waals surface area contributed by atoms with E-state index in [2.05, 4.69) is 15.2 Å². The number of halogens is 1. The van der Waals surface area contributed by atoms with Crippen molar-refractivity contribution < 1.29 is 9.47 Å². The van der Waals surface area contributed by atoms with Gasteiger partial charge < -0.3 is 20.1 Å². The maximum atomic E-state index is 6.53. The molecule has 0 radical (unpaired) electrons. The number of benzene rings is 1. The first kappa shape index (κ1) is 17.1. The van der Waals surface area contributed by atoms with Gasteiger partial charge in [-0.3, -0.25) is 0 Å². The summed E-state index contributed by atoms with van der Waals surface area (Å²) in [5, 5.41) is 8.14. The highest BCUT2D eigenvalue weighted by atomic mass is 35.5. The van der Waals surface area contributed by atoms with Gasteiger partial charge in [0, 0.05) is 12.7 Å². The predicted molar refractivity (Wildman–Crippen MR) is 94.7 cm³/mol. The van der Waals surface area contributed by atoms with E-state index in [4.69, 9.17) is 26.8 Å². The molecular formula is C16H19ClN6O2. The third-order valence-corrected chi connectivity index (χ3v) is 4.22. The minimum absolute atomic E-state index is 0.358. The van der Waals surface area contributed by atoms with Crippen molar-refractivity contribution in [2.75, 3.05) is 20.8 Å². The third kappa shape index (κ3) is 3.69. The Kier molecular flexibility index (Phi) is 5.08. The highest BCUT2D eigenvalue weighted by Crippen LogP contribution is 2.28. The van der Waals surface area contributed by atoms with Gasteiger partial charge in [0.05, 0.1) is 26.6 Å². The number of hydrogen-bond acceptors (Lipinski definition) is 7. The zero-order valence-electron chi connectivity index (χ0n) is 14.0. The van der Waals surface area contributed by atoms with Crippen molar-refractivity contribution in [3.63, 3.8) is 0 Å². The Morgan fingerprint density at radius 1 is 1.16 bits per heavy atom. The van der Waals surface area contributed by atoms with Gasteiger partial charge in [0.25, 0.3) is 0 Å². The average molecular weight is 363 g/mol. The molecule has 0 bridgehead atoms. The molecule has 1 aromatic heterocycles. The minimum Gasteiger partial charge on any atom is -0.493 e. The van der Waals surface area contributed by atoms with Crippen LogP contribution in [-0.2, 0) is 6.42 Å². The Morgan fingerprint density at radius 2 is 1.88 bits per heavy atom. The summed E-state index contributed by atoms with van der Waals surface area (Å²) in [6.45, 7) is 0.643. The molecule has 1 unspecified atom stereocenters. The summed E-state index contributed by atoms with van der Waals surface area (Å²) in [6.07, 6.45) is 5.60. The lowest BCUT2D eigenvalue weighted by Gasteiger charge is -2.29. The number of aliphatic imine (C=N–C) groups is 1. The Bertz CT molecular complexity index is 790. The van der Waals surface area contributed by atoms with Crippen LogP contribution in [0.1, 0.15) is 5.56 Å². The van der Waals surface area contributed by atoms with E-state index in [-0.39, 0.29) is 0 Å². The number of alkyl halides is 1. The smallest absolute Gasteiger partial charge is 0.191 e. The summed E-state index contributed by atoms with van der Waals surface area (Å²) in [6, 6.07) is 5.82. The quantitative estimate of drug-likeness (QED) is 0.639. The van der Waals surface area contributed by atoms with Crippen LogP contribution in [0.2, 0.25) is 0 Å². The number of nitrogens with zero attached hydrogens (tertiary/aromatic N) is 5.